The first-order valence-corrected chi connectivity index (χ1v) is 11.0. The Kier molecular flexibility index (Phi) is 5.67. The van der Waals surface area contributed by atoms with Crippen molar-refractivity contribution in [3.63, 3.8) is 0 Å². The van der Waals surface area contributed by atoms with Crippen LogP contribution < -0.4 is 14.4 Å². The van der Waals surface area contributed by atoms with Gasteiger partial charge in [0.2, 0.25) is 5.91 Å². The van der Waals surface area contributed by atoms with Crippen LogP contribution in [-0.2, 0) is 14.8 Å². The van der Waals surface area contributed by atoms with Gasteiger partial charge in [-0.2, -0.15) is 0 Å². The minimum atomic E-state index is -3.76. The van der Waals surface area contributed by atoms with Crippen molar-refractivity contribution >= 4 is 39.1 Å². The Labute approximate surface area is 164 Å². The first kappa shape index (κ1) is 19.6. The molecule has 1 aliphatic heterocycles. The molecule has 3 rings (SSSR count). The molecule has 27 heavy (non-hydrogen) atoms. The monoisotopic (exact) mass is 406 g/mol. The molecule has 0 radical (unpaired) electrons. The number of nitrogens with zero attached hydrogens (tertiary/aromatic N) is 1. The van der Waals surface area contributed by atoms with Crippen molar-refractivity contribution in [2.24, 2.45) is 0 Å². The number of thioether (sulfide) groups is 1. The molecule has 2 aromatic carbocycles. The van der Waals surface area contributed by atoms with E-state index in [2.05, 4.69) is 5.32 Å². The molecule has 0 saturated carbocycles. The van der Waals surface area contributed by atoms with Crippen molar-refractivity contribution < 1.29 is 17.9 Å². The Balaban J connectivity index is 1.91. The predicted molar refractivity (Wildman–Crippen MR) is 108 cm³/mol. The number of hydrogen-bond acceptors (Lipinski definition) is 5. The minimum absolute atomic E-state index is 0.108. The van der Waals surface area contributed by atoms with E-state index < -0.39 is 10.0 Å². The van der Waals surface area contributed by atoms with Crippen LogP contribution in [0.15, 0.2) is 52.3 Å². The number of hydrogen-bond donors (Lipinski definition) is 1. The lowest BCUT2D eigenvalue weighted by molar-refractivity contribution is -0.116. The number of fused-ring (bicyclic) bond motifs is 1. The Morgan fingerprint density at radius 2 is 1.93 bits per heavy atom. The standard InChI is InChI=1S/C19H22N2O4S2/c1-4-25-15-7-5-14(6-8-15)21(3)27(23,24)16-9-10-18-17(12-16)20-19(22)11-13(2)26-18/h5-10,12-13H,4,11H2,1-3H3,(H,20,22). The summed E-state index contributed by atoms with van der Waals surface area (Å²) in [6, 6.07) is 11.7. The van der Waals surface area contributed by atoms with Crippen LogP contribution in [-0.4, -0.2) is 33.2 Å². The van der Waals surface area contributed by atoms with Crippen LogP contribution in [0.2, 0.25) is 0 Å². The SMILES string of the molecule is CCOc1ccc(N(C)S(=O)(=O)c2ccc3c(c2)NC(=O)CC(C)S3)cc1. The average Bonchev–Trinajstić information content (AvgIpc) is 2.77. The molecular weight excluding hydrogens is 384 g/mol. The van der Waals surface area contributed by atoms with Crippen LogP contribution in [0.25, 0.3) is 0 Å². The maximum Gasteiger partial charge on any atom is 0.264 e. The number of carbonyl (C=O) groups is 1. The summed E-state index contributed by atoms with van der Waals surface area (Å²) in [5, 5.41) is 2.95. The second kappa shape index (κ2) is 7.82. The summed E-state index contributed by atoms with van der Waals surface area (Å²) < 4.78 is 32.7. The number of carbonyl (C=O) groups excluding carboxylic acids is 1. The van der Waals surface area contributed by atoms with Crippen LogP contribution in [0.4, 0.5) is 11.4 Å². The second-order valence-electron chi connectivity index (χ2n) is 6.24. The van der Waals surface area contributed by atoms with E-state index in [4.69, 9.17) is 4.74 Å². The molecule has 8 heteroatoms. The lowest BCUT2D eigenvalue weighted by atomic mass is 10.3. The maximum atomic E-state index is 13.0. The van der Waals surface area contributed by atoms with Crippen molar-refractivity contribution in [2.75, 3.05) is 23.3 Å². The summed E-state index contributed by atoms with van der Waals surface area (Å²) in [7, 11) is -2.26. The highest BCUT2D eigenvalue weighted by Gasteiger charge is 2.25. The fourth-order valence-corrected chi connectivity index (χ4v) is 5.08. The quantitative estimate of drug-likeness (QED) is 0.819. The number of nitrogens with one attached hydrogen (secondary N) is 1. The number of benzene rings is 2. The van der Waals surface area contributed by atoms with Gasteiger partial charge in [-0.3, -0.25) is 9.10 Å². The molecule has 0 bridgehead atoms. The van der Waals surface area contributed by atoms with Gasteiger partial charge in [0.1, 0.15) is 5.75 Å². The molecule has 1 aliphatic rings. The van der Waals surface area contributed by atoms with E-state index in [9.17, 15) is 13.2 Å². The molecule has 0 saturated heterocycles. The van der Waals surface area contributed by atoms with E-state index in [0.717, 1.165) is 4.90 Å². The number of ether oxygens (including phenoxy) is 1. The van der Waals surface area contributed by atoms with Gasteiger partial charge in [0.25, 0.3) is 10.0 Å². The Morgan fingerprint density at radius 1 is 1.22 bits per heavy atom. The van der Waals surface area contributed by atoms with Gasteiger partial charge in [-0.1, -0.05) is 6.92 Å². The van der Waals surface area contributed by atoms with Gasteiger partial charge in [0.15, 0.2) is 0 Å². The number of amides is 1. The zero-order valence-electron chi connectivity index (χ0n) is 15.4. The molecule has 1 unspecified atom stereocenters. The van der Waals surface area contributed by atoms with Gasteiger partial charge in [0.05, 0.1) is 22.9 Å². The van der Waals surface area contributed by atoms with Crippen molar-refractivity contribution in [2.45, 2.75) is 35.3 Å². The molecule has 0 aliphatic carbocycles. The fraction of sp³-hybridized carbons (Fsp3) is 0.316. The molecule has 0 spiro atoms. The van der Waals surface area contributed by atoms with Crippen LogP contribution in [0.5, 0.6) is 5.75 Å². The van der Waals surface area contributed by atoms with E-state index in [-0.39, 0.29) is 16.1 Å². The normalized spacial score (nSPS) is 16.9. The molecule has 1 amide bonds. The van der Waals surface area contributed by atoms with Crippen molar-refractivity contribution in [1.82, 2.24) is 0 Å². The molecule has 1 N–H and O–H groups in total. The molecule has 0 aromatic heterocycles. The summed E-state index contributed by atoms with van der Waals surface area (Å²) in [6.07, 6.45) is 0.396. The van der Waals surface area contributed by atoms with Crippen molar-refractivity contribution in [3.8, 4) is 5.75 Å². The summed E-state index contributed by atoms with van der Waals surface area (Å²) in [4.78, 5) is 13.0. The van der Waals surface area contributed by atoms with E-state index in [0.29, 0.717) is 30.2 Å². The molecule has 6 nitrogen and oxygen atoms in total. The van der Waals surface area contributed by atoms with Gasteiger partial charge in [-0.05, 0) is 49.4 Å². The predicted octanol–water partition coefficient (Wildman–Crippen LogP) is 3.73. The average molecular weight is 407 g/mol. The minimum Gasteiger partial charge on any atom is -0.494 e. The molecule has 1 heterocycles. The van der Waals surface area contributed by atoms with Crippen LogP contribution in [0.3, 0.4) is 0 Å². The highest BCUT2D eigenvalue weighted by Crippen LogP contribution is 2.37. The molecule has 0 fully saturated rings. The van der Waals surface area contributed by atoms with E-state index in [1.54, 1.807) is 48.2 Å². The third-order valence-corrected chi connectivity index (χ3v) is 7.16. The summed E-state index contributed by atoms with van der Waals surface area (Å²) >= 11 is 1.56. The number of anilines is 2. The van der Waals surface area contributed by atoms with Crippen LogP contribution in [0.1, 0.15) is 20.3 Å². The molecule has 2 aromatic rings. The largest absolute Gasteiger partial charge is 0.494 e. The van der Waals surface area contributed by atoms with Gasteiger partial charge < -0.3 is 10.1 Å². The van der Waals surface area contributed by atoms with Crippen molar-refractivity contribution in [3.05, 3.63) is 42.5 Å². The topological polar surface area (TPSA) is 75.7 Å². The van der Waals surface area contributed by atoms with Gasteiger partial charge in [0, 0.05) is 23.6 Å². The van der Waals surface area contributed by atoms with Crippen LogP contribution in [0, 0.1) is 0 Å². The number of sulfonamides is 1. The Morgan fingerprint density at radius 3 is 2.59 bits per heavy atom. The fourth-order valence-electron chi connectivity index (χ4n) is 2.81. The van der Waals surface area contributed by atoms with Crippen molar-refractivity contribution in [1.29, 1.82) is 0 Å². The highest BCUT2D eigenvalue weighted by molar-refractivity contribution is 8.00. The third kappa shape index (κ3) is 4.22. The summed E-state index contributed by atoms with van der Waals surface area (Å²) in [5.74, 6) is 0.578. The van der Waals surface area contributed by atoms with E-state index >= 15 is 0 Å². The number of rotatable bonds is 5. The molecule has 1 atom stereocenters. The highest BCUT2D eigenvalue weighted by atomic mass is 32.2. The maximum absolute atomic E-state index is 13.0. The van der Waals surface area contributed by atoms with Gasteiger partial charge in [-0.15, -0.1) is 11.8 Å². The Bertz CT molecular complexity index is 943. The smallest absolute Gasteiger partial charge is 0.264 e. The second-order valence-corrected chi connectivity index (χ2v) is 9.69. The van der Waals surface area contributed by atoms with Gasteiger partial charge in [-0.25, -0.2) is 8.42 Å². The zero-order valence-corrected chi connectivity index (χ0v) is 17.1. The first-order chi connectivity index (χ1) is 12.8. The van der Waals surface area contributed by atoms with Crippen LogP contribution >= 0.6 is 11.8 Å². The summed E-state index contributed by atoms with van der Waals surface area (Å²) in [5.41, 5.74) is 1.07. The first-order valence-electron chi connectivity index (χ1n) is 8.63. The van der Waals surface area contributed by atoms with E-state index in [1.165, 1.54) is 17.4 Å². The third-order valence-electron chi connectivity index (χ3n) is 4.20. The lowest BCUT2D eigenvalue weighted by Crippen LogP contribution is -2.26. The van der Waals surface area contributed by atoms with E-state index in [1.807, 2.05) is 13.8 Å². The van der Waals surface area contributed by atoms with Gasteiger partial charge >= 0.3 is 0 Å². The zero-order chi connectivity index (χ0) is 19.6. The molecular formula is C19H22N2O4S2. The summed E-state index contributed by atoms with van der Waals surface area (Å²) in [6.45, 7) is 4.41. The Hall–Kier alpha value is -2.19. The lowest BCUT2D eigenvalue weighted by Gasteiger charge is -2.20. The molecule has 144 valence electrons.